The predicted octanol–water partition coefficient (Wildman–Crippen LogP) is 1.90. The number of hydrogen-bond donors (Lipinski definition) is 1. The summed E-state index contributed by atoms with van der Waals surface area (Å²) in [6.07, 6.45) is 1.82. The fourth-order valence-corrected chi connectivity index (χ4v) is 1.68. The summed E-state index contributed by atoms with van der Waals surface area (Å²) in [6, 6.07) is 12.1. The Balaban J connectivity index is 2.54. The van der Waals surface area contributed by atoms with Gasteiger partial charge in [-0.3, -0.25) is 4.68 Å². The quantitative estimate of drug-likeness (QED) is 0.541. The lowest BCUT2D eigenvalue weighted by Crippen LogP contribution is -2.06. The maximum Gasteiger partial charge on any atom is 0.158 e. The molecule has 2 aromatic heterocycles. The Bertz CT molecular complexity index is 610. The summed E-state index contributed by atoms with van der Waals surface area (Å²) in [7, 11) is 0. The van der Waals surface area contributed by atoms with Gasteiger partial charge in [-0.2, -0.15) is 0 Å². The van der Waals surface area contributed by atoms with E-state index >= 15 is 0 Å². The normalized spacial score (nSPS) is 11.1. The molecule has 3 aromatic rings. The number of fused-ring (bicyclic) bond motifs is 2. The van der Waals surface area contributed by atoms with Crippen molar-refractivity contribution in [1.82, 2.24) is 9.66 Å². The Kier molecular flexibility index (Phi) is 1.31. The zero-order chi connectivity index (χ0) is 9.54. The average molecular weight is 183 g/mol. The summed E-state index contributed by atoms with van der Waals surface area (Å²) in [5.41, 5.74) is 1.80. The summed E-state index contributed by atoms with van der Waals surface area (Å²) in [5, 5.41) is 2.22. The van der Waals surface area contributed by atoms with E-state index in [1.54, 1.807) is 4.68 Å². The van der Waals surface area contributed by atoms with Crippen LogP contribution in [0.25, 0.3) is 21.9 Å². The van der Waals surface area contributed by atoms with E-state index in [4.69, 9.17) is 5.84 Å². The molecule has 0 aliphatic heterocycles. The lowest BCUT2D eigenvalue weighted by Gasteiger charge is -1.98. The number of benzene rings is 1. The fourth-order valence-electron chi connectivity index (χ4n) is 1.68. The number of para-hydroxylation sites is 1. The Labute approximate surface area is 80.7 Å². The Morgan fingerprint density at radius 2 is 1.93 bits per heavy atom. The van der Waals surface area contributed by atoms with Gasteiger partial charge in [0.05, 0.1) is 5.52 Å². The molecule has 0 aliphatic carbocycles. The lowest BCUT2D eigenvalue weighted by molar-refractivity contribution is 1.04. The van der Waals surface area contributed by atoms with E-state index < -0.39 is 0 Å². The maximum absolute atomic E-state index is 5.72. The smallest absolute Gasteiger partial charge is 0.158 e. The summed E-state index contributed by atoms with van der Waals surface area (Å²) < 4.78 is 1.54. The second-order valence-corrected chi connectivity index (χ2v) is 3.32. The van der Waals surface area contributed by atoms with Crippen molar-refractivity contribution < 1.29 is 0 Å². The minimum Gasteiger partial charge on any atom is -0.338 e. The molecule has 0 atom stereocenters. The molecular weight excluding hydrogens is 174 g/mol. The summed E-state index contributed by atoms with van der Waals surface area (Å²) in [4.78, 5) is 4.48. The zero-order valence-corrected chi connectivity index (χ0v) is 7.51. The standard InChI is InChI=1S/C11H9N3/c12-14-6-5-9-7-8-3-1-2-4-10(8)13-11(9)14/h1-7H,12H2. The molecule has 68 valence electrons. The first kappa shape index (κ1) is 7.38. The summed E-state index contributed by atoms with van der Waals surface area (Å²) in [5.74, 6) is 5.72. The largest absolute Gasteiger partial charge is 0.338 e. The van der Waals surface area contributed by atoms with Crippen molar-refractivity contribution in [2.24, 2.45) is 0 Å². The molecule has 2 heterocycles. The Morgan fingerprint density at radius 3 is 2.86 bits per heavy atom. The van der Waals surface area contributed by atoms with Gasteiger partial charge in [0.25, 0.3) is 0 Å². The van der Waals surface area contributed by atoms with Crippen LogP contribution >= 0.6 is 0 Å². The van der Waals surface area contributed by atoms with E-state index in [9.17, 15) is 0 Å². The Morgan fingerprint density at radius 1 is 1.07 bits per heavy atom. The zero-order valence-electron chi connectivity index (χ0n) is 7.51. The highest BCUT2D eigenvalue weighted by Crippen LogP contribution is 2.18. The molecule has 0 fully saturated rings. The third-order valence-electron chi connectivity index (χ3n) is 2.39. The van der Waals surface area contributed by atoms with Gasteiger partial charge in [-0.05, 0) is 18.2 Å². The van der Waals surface area contributed by atoms with Gasteiger partial charge >= 0.3 is 0 Å². The van der Waals surface area contributed by atoms with E-state index in [0.717, 1.165) is 21.9 Å². The molecule has 1 aromatic carbocycles. The van der Waals surface area contributed by atoms with E-state index in [0.29, 0.717) is 0 Å². The first-order valence-corrected chi connectivity index (χ1v) is 4.46. The van der Waals surface area contributed by atoms with E-state index in [1.165, 1.54) is 0 Å². The molecule has 0 bridgehead atoms. The summed E-state index contributed by atoms with van der Waals surface area (Å²) >= 11 is 0. The monoisotopic (exact) mass is 183 g/mol. The molecule has 0 amide bonds. The van der Waals surface area contributed by atoms with Crippen molar-refractivity contribution >= 4 is 21.9 Å². The molecule has 0 aliphatic rings. The van der Waals surface area contributed by atoms with E-state index in [1.807, 2.05) is 30.5 Å². The molecule has 14 heavy (non-hydrogen) atoms. The van der Waals surface area contributed by atoms with Gasteiger partial charge in [0, 0.05) is 17.0 Å². The number of pyridine rings is 1. The second kappa shape index (κ2) is 2.48. The van der Waals surface area contributed by atoms with Gasteiger partial charge < -0.3 is 5.84 Å². The minimum atomic E-state index is 0.823. The third-order valence-corrected chi connectivity index (χ3v) is 2.39. The van der Waals surface area contributed by atoms with Gasteiger partial charge in [-0.1, -0.05) is 18.2 Å². The molecule has 2 N–H and O–H groups in total. The molecule has 3 rings (SSSR count). The maximum atomic E-state index is 5.72. The third kappa shape index (κ3) is 0.893. The molecule has 0 radical (unpaired) electrons. The van der Waals surface area contributed by atoms with Gasteiger partial charge in [0.1, 0.15) is 0 Å². The van der Waals surface area contributed by atoms with Crippen LogP contribution in [0.1, 0.15) is 0 Å². The van der Waals surface area contributed by atoms with Gasteiger partial charge in [-0.25, -0.2) is 4.98 Å². The molecule has 3 heteroatoms. The minimum absolute atomic E-state index is 0.823. The van der Waals surface area contributed by atoms with Crippen molar-refractivity contribution in [3.63, 3.8) is 0 Å². The topological polar surface area (TPSA) is 43.8 Å². The van der Waals surface area contributed by atoms with Crippen LogP contribution in [0.2, 0.25) is 0 Å². The van der Waals surface area contributed by atoms with E-state index in [2.05, 4.69) is 17.1 Å². The van der Waals surface area contributed by atoms with E-state index in [-0.39, 0.29) is 0 Å². The number of hydrogen-bond acceptors (Lipinski definition) is 2. The first-order valence-electron chi connectivity index (χ1n) is 4.46. The van der Waals surface area contributed by atoms with Crippen molar-refractivity contribution in [3.8, 4) is 0 Å². The highest BCUT2D eigenvalue weighted by atomic mass is 15.3. The van der Waals surface area contributed by atoms with Crippen molar-refractivity contribution in [3.05, 3.63) is 42.6 Å². The lowest BCUT2D eigenvalue weighted by atomic mass is 10.2. The highest BCUT2D eigenvalue weighted by Gasteiger charge is 2.01. The van der Waals surface area contributed by atoms with Crippen LogP contribution < -0.4 is 5.84 Å². The van der Waals surface area contributed by atoms with Crippen LogP contribution in [-0.4, -0.2) is 9.66 Å². The second-order valence-electron chi connectivity index (χ2n) is 3.32. The van der Waals surface area contributed by atoms with Crippen LogP contribution in [0.15, 0.2) is 42.6 Å². The Hall–Kier alpha value is -2.03. The number of rotatable bonds is 0. The van der Waals surface area contributed by atoms with Gasteiger partial charge in [0.15, 0.2) is 5.65 Å². The molecule has 0 saturated heterocycles. The van der Waals surface area contributed by atoms with Crippen LogP contribution in [0.5, 0.6) is 0 Å². The van der Waals surface area contributed by atoms with Crippen LogP contribution in [0.3, 0.4) is 0 Å². The highest BCUT2D eigenvalue weighted by molar-refractivity contribution is 5.91. The predicted molar refractivity (Wildman–Crippen MR) is 57.4 cm³/mol. The van der Waals surface area contributed by atoms with Crippen LogP contribution in [0, 0.1) is 0 Å². The first-order chi connectivity index (χ1) is 6.84. The van der Waals surface area contributed by atoms with Crippen LogP contribution in [0.4, 0.5) is 0 Å². The van der Waals surface area contributed by atoms with Crippen molar-refractivity contribution in [2.75, 3.05) is 5.84 Å². The fraction of sp³-hybridized carbons (Fsp3) is 0. The molecular formula is C11H9N3. The average Bonchev–Trinajstić information content (AvgIpc) is 2.57. The number of nitrogen functional groups attached to an aromatic ring is 1. The van der Waals surface area contributed by atoms with Gasteiger partial charge in [0.2, 0.25) is 0 Å². The molecule has 3 nitrogen and oxygen atoms in total. The summed E-state index contributed by atoms with van der Waals surface area (Å²) in [6.45, 7) is 0. The molecule has 0 saturated carbocycles. The number of aromatic nitrogens is 2. The van der Waals surface area contributed by atoms with Crippen molar-refractivity contribution in [2.45, 2.75) is 0 Å². The number of nitrogens with two attached hydrogens (primary N) is 1. The van der Waals surface area contributed by atoms with Gasteiger partial charge in [-0.15, -0.1) is 0 Å². The molecule has 0 unspecified atom stereocenters. The van der Waals surface area contributed by atoms with Crippen LogP contribution in [-0.2, 0) is 0 Å². The van der Waals surface area contributed by atoms with Crippen molar-refractivity contribution in [1.29, 1.82) is 0 Å². The SMILES string of the molecule is Nn1ccc2cc3ccccc3nc21. The number of nitrogens with zero attached hydrogens (tertiary/aromatic N) is 2. The molecule has 0 spiro atoms.